The lowest BCUT2D eigenvalue weighted by molar-refractivity contribution is -0.665. The van der Waals surface area contributed by atoms with Gasteiger partial charge in [-0.15, -0.1) is 0 Å². The van der Waals surface area contributed by atoms with E-state index in [0.717, 1.165) is 41.7 Å². The number of ketones is 1. The van der Waals surface area contributed by atoms with Crippen LogP contribution in [0.2, 0.25) is 0 Å². The summed E-state index contributed by atoms with van der Waals surface area (Å²) >= 11 is 3.51. The lowest BCUT2D eigenvalue weighted by Gasteiger charge is -2.37. The van der Waals surface area contributed by atoms with Crippen LogP contribution in [0.5, 0.6) is 0 Å². The molecule has 1 aliphatic heterocycles. The summed E-state index contributed by atoms with van der Waals surface area (Å²) in [6.45, 7) is 7.50. The molecule has 3 aromatic rings. The SMILES string of the molecule is CCN1C(=CC2C(=O)C(=Cc3sc4ccccc4[n+]3CC)C2NCCCN)Sc2ccccc21. The third-order valence-electron chi connectivity index (χ3n) is 6.53. The Morgan fingerprint density at radius 2 is 1.94 bits per heavy atom. The van der Waals surface area contributed by atoms with Gasteiger partial charge in [-0.25, -0.2) is 0 Å². The predicted molar refractivity (Wildman–Crippen MR) is 143 cm³/mol. The fraction of sp³-hybridized carbons (Fsp3) is 0.333. The minimum Gasteiger partial charge on any atom is -0.336 e. The molecule has 1 aromatic heterocycles. The van der Waals surface area contributed by atoms with Gasteiger partial charge in [0.1, 0.15) is 11.2 Å². The number of hydrogen-bond acceptors (Lipinski definition) is 6. The summed E-state index contributed by atoms with van der Waals surface area (Å²) < 4.78 is 3.54. The van der Waals surface area contributed by atoms with Gasteiger partial charge in [0.2, 0.25) is 5.52 Å². The molecule has 2 atom stereocenters. The lowest BCUT2D eigenvalue weighted by atomic mass is 9.72. The quantitative estimate of drug-likeness (QED) is 0.275. The van der Waals surface area contributed by atoms with Gasteiger partial charge in [-0.1, -0.05) is 47.4 Å². The van der Waals surface area contributed by atoms with Gasteiger partial charge in [-0.2, -0.15) is 4.57 Å². The van der Waals surface area contributed by atoms with E-state index in [-0.39, 0.29) is 17.7 Å². The minimum absolute atomic E-state index is 0.00471. The Bertz CT molecular complexity index is 1280. The van der Waals surface area contributed by atoms with Gasteiger partial charge in [0.15, 0.2) is 5.78 Å². The summed E-state index contributed by atoms with van der Waals surface area (Å²) in [7, 11) is 0. The normalized spacial score (nSPS) is 22.1. The number of nitrogens with zero attached hydrogens (tertiary/aromatic N) is 2. The third kappa shape index (κ3) is 4.11. The average molecular weight is 492 g/mol. The Kier molecular flexibility index (Phi) is 6.88. The Morgan fingerprint density at radius 1 is 1.15 bits per heavy atom. The number of aromatic nitrogens is 1. The zero-order valence-corrected chi connectivity index (χ0v) is 21.3. The number of hydrogen-bond donors (Lipinski definition) is 2. The van der Waals surface area contributed by atoms with E-state index in [1.807, 2.05) is 0 Å². The highest BCUT2D eigenvalue weighted by Crippen LogP contribution is 2.47. The van der Waals surface area contributed by atoms with Gasteiger partial charge < -0.3 is 16.0 Å². The highest BCUT2D eigenvalue weighted by molar-refractivity contribution is 8.03. The number of nitrogens with one attached hydrogen (secondary N) is 1. The number of thiazole rings is 1. The van der Waals surface area contributed by atoms with Crippen LogP contribution in [-0.4, -0.2) is 31.5 Å². The van der Waals surface area contributed by atoms with Crippen LogP contribution in [0.25, 0.3) is 16.3 Å². The van der Waals surface area contributed by atoms with Crippen molar-refractivity contribution in [2.24, 2.45) is 11.7 Å². The van der Waals surface area contributed by atoms with Crippen LogP contribution in [0.4, 0.5) is 5.69 Å². The van der Waals surface area contributed by atoms with Gasteiger partial charge in [-0.05, 0) is 57.6 Å². The summed E-state index contributed by atoms with van der Waals surface area (Å²) in [5.41, 5.74) is 9.07. The van der Waals surface area contributed by atoms with Crippen LogP contribution < -0.4 is 20.5 Å². The van der Waals surface area contributed by atoms with Crippen LogP contribution in [0.3, 0.4) is 0 Å². The molecule has 176 valence electrons. The van der Waals surface area contributed by atoms with Gasteiger partial charge in [0, 0.05) is 35.2 Å². The zero-order chi connectivity index (χ0) is 23.7. The van der Waals surface area contributed by atoms with Crippen molar-refractivity contribution in [1.29, 1.82) is 0 Å². The number of aryl methyl sites for hydroxylation is 1. The Hall–Kier alpha value is -2.45. The number of carbonyl (C=O) groups excluding carboxylic acids is 1. The first kappa shape index (κ1) is 23.3. The first-order valence-electron chi connectivity index (χ1n) is 12.0. The van der Waals surface area contributed by atoms with Crippen molar-refractivity contribution in [1.82, 2.24) is 5.32 Å². The molecule has 1 aliphatic carbocycles. The van der Waals surface area contributed by atoms with Crippen molar-refractivity contribution in [2.75, 3.05) is 24.5 Å². The van der Waals surface area contributed by atoms with Crippen LogP contribution >= 0.6 is 23.1 Å². The minimum atomic E-state index is -0.167. The lowest BCUT2D eigenvalue weighted by Crippen LogP contribution is -2.53. The van der Waals surface area contributed by atoms with Gasteiger partial charge >= 0.3 is 0 Å². The molecule has 5 nitrogen and oxygen atoms in total. The molecule has 0 bridgehead atoms. The van der Waals surface area contributed by atoms with Crippen LogP contribution in [0, 0.1) is 5.92 Å². The number of nitrogens with two attached hydrogens (primary N) is 1. The number of thioether (sulfide) groups is 1. The molecular weight excluding hydrogens is 460 g/mol. The maximum Gasteiger partial charge on any atom is 0.263 e. The number of anilines is 1. The molecule has 0 amide bonds. The number of rotatable bonds is 8. The highest BCUT2D eigenvalue weighted by Gasteiger charge is 2.45. The second-order valence-corrected chi connectivity index (χ2v) is 10.7. The molecule has 0 spiro atoms. The van der Waals surface area contributed by atoms with Crippen molar-refractivity contribution < 1.29 is 9.36 Å². The van der Waals surface area contributed by atoms with E-state index in [0.29, 0.717) is 6.54 Å². The molecule has 3 N–H and O–H groups in total. The van der Waals surface area contributed by atoms with Crippen molar-refractivity contribution in [3.63, 3.8) is 0 Å². The fourth-order valence-electron chi connectivity index (χ4n) is 4.80. The zero-order valence-electron chi connectivity index (χ0n) is 19.7. The number of carbonyl (C=O) groups is 1. The summed E-state index contributed by atoms with van der Waals surface area (Å²) in [5, 5.41) is 5.90. The molecule has 2 heterocycles. The van der Waals surface area contributed by atoms with E-state index < -0.39 is 0 Å². The topological polar surface area (TPSA) is 62.2 Å². The smallest absolute Gasteiger partial charge is 0.263 e. The van der Waals surface area contributed by atoms with Gasteiger partial charge in [0.05, 0.1) is 16.6 Å². The average Bonchev–Trinajstić information content (AvgIpc) is 3.41. The molecule has 1 saturated carbocycles. The molecule has 0 saturated heterocycles. The van der Waals surface area contributed by atoms with Crippen LogP contribution in [0.1, 0.15) is 25.3 Å². The summed E-state index contributed by atoms with van der Waals surface area (Å²) in [6, 6.07) is 16.9. The molecule has 2 aliphatic rings. The van der Waals surface area contributed by atoms with Crippen molar-refractivity contribution >= 4 is 50.9 Å². The first-order valence-corrected chi connectivity index (χ1v) is 13.7. The molecule has 5 rings (SSSR count). The molecule has 2 aromatic carbocycles. The third-order valence-corrected chi connectivity index (χ3v) is 8.78. The molecule has 34 heavy (non-hydrogen) atoms. The molecular formula is C27H31N4OS2+. The Labute approximate surface area is 209 Å². The maximum absolute atomic E-state index is 13.5. The Morgan fingerprint density at radius 3 is 2.74 bits per heavy atom. The van der Waals surface area contributed by atoms with Crippen molar-refractivity contribution in [2.45, 2.75) is 37.8 Å². The largest absolute Gasteiger partial charge is 0.336 e. The fourth-order valence-corrected chi connectivity index (χ4v) is 7.19. The molecule has 0 radical (unpaired) electrons. The number of para-hydroxylation sites is 2. The van der Waals surface area contributed by atoms with E-state index in [2.05, 4.69) is 89.3 Å². The van der Waals surface area contributed by atoms with E-state index in [9.17, 15) is 4.79 Å². The predicted octanol–water partition coefficient (Wildman–Crippen LogP) is 4.57. The van der Waals surface area contributed by atoms with E-state index in [1.54, 1.807) is 23.1 Å². The number of Topliss-reactive ketones (excluding diaryl/α,β-unsaturated/α-hetero) is 1. The van der Waals surface area contributed by atoms with Gasteiger partial charge in [0.25, 0.3) is 5.01 Å². The van der Waals surface area contributed by atoms with E-state index in [1.165, 1.54) is 20.8 Å². The summed E-state index contributed by atoms with van der Waals surface area (Å²) in [6.07, 6.45) is 5.17. The summed E-state index contributed by atoms with van der Waals surface area (Å²) in [4.78, 5) is 17.0. The standard InChI is InChI=1S/C27H31N4OS2/c1-3-30-20-10-5-7-12-22(20)33-24(30)16-18-26(29-15-9-14-28)19(27(18)32)17-25-31(4-2)21-11-6-8-13-23(21)34-25/h5-8,10-13,16-18,26,29H,3-4,9,14-15,28H2,1-2H3/q+1. The van der Waals surface area contributed by atoms with Crippen LogP contribution in [0.15, 0.2) is 70.1 Å². The second kappa shape index (κ2) is 10.0. The van der Waals surface area contributed by atoms with Gasteiger partial charge in [-0.3, -0.25) is 4.79 Å². The first-order chi connectivity index (χ1) is 16.7. The number of fused-ring (bicyclic) bond motifs is 2. The number of benzene rings is 2. The summed E-state index contributed by atoms with van der Waals surface area (Å²) in [5.74, 6) is 0.0461. The van der Waals surface area contributed by atoms with Crippen molar-refractivity contribution in [3.05, 3.63) is 70.2 Å². The molecule has 1 fully saturated rings. The molecule has 2 unspecified atom stereocenters. The monoisotopic (exact) mass is 491 g/mol. The van der Waals surface area contributed by atoms with Crippen LogP contribution in [-0.2, 0) is 11.3 Å². The van der Waals surface area contributed by atoms with Crippen molar-refractivity contribution in [3.8, 4) is 0 Å². The second-order valence-electron chi connectivity index (χ2n) is 8.53. The highest BCUT2D eigenvalue weighted by atomic mass is 32.2. The molecule has 7 heteroatoms. The van der Waals surface area contributed by atoms with E-state index in [4.69, 9.17) is 5.73 Å². The Balaban J connectivity index is 1.47. The maximum atomic E-state index is 13.5. The van der Waals surface area contributed by atoms with E-state index >= 15 is 0 Å².